The van der Waals surface area contributed by atoms with Gasteiger partial charge in [0.25, 0.3) is 5.91 Å². The molecule has 4 rings (SSSR count). The predicted octanol–water partition coefficient (Wildman–Crippen LogP) is 5.96. The second-order valence-corrected chi connectivity index (χ2v) is 9.09. The van der Waals surface area contributed by atoms with Crippen molar-refractivity contribution in [2.24, 2.45) is 0 Å². The molecule has 1 saturated heterocycles. The Morgan fingerprint density at radius 3 is 2.78 bits per heavy atom. The molecule has 0 bridgehead atoms. The van der Waals surface area contributed by atoms with Crippen LogP contribution < -0.4 is 14.4 Å². The topological polar surface area (TPSA) is 60.9 Å². The first kappa shape index (κ1) is 22.8. The molecule has 1 fully saturated rings. The normalized spacial score (nSPS) is 15.8. The number of halogens is 1. The monoisotopic (exact) mass is 474 g/mol. The molecule has 170 valence electrons. The molecule has 1 unspecified atom stereocenters. The Kier molecular flexibility index (Phi) is 7.50. The maximum atomic E-state index is 13.6. The van der Waals surface area contributed by atoms with Crippen molar-refractivity contribution >= 4 is 44.2 Å². The summed E-state index contributed by atoms with van der Waals surface area (Å²) >= 11 is 7.80. The van der Waals surface area contributed by atoms with Gasteiger partial charge in [-0.1, -0.05) is 36.3 Å². The fourth-order valence-electron chi connectivity index (χ4n) is 3.65. The van der Waals surface area contributed by atoms with Gasteiger partial charge >= 0.3 is 0 Å². The minimum atomic E-state index is -0.130. The molecular weight excluding hydrogens is 448 g/mol. The Hall–Kier alpha value is -2.35. The van der Waals surface area contributed by atoms with Crippen molar-refractivity contribution in [2.75, 3.05) is 31.8 Å². The Morgan fingerprint density at radius 2 is 2.09 bits per heavy atom. The number of hydrogen-bond donors (Lipinski definition) is 0. The SMILES string of the molecule is CCCCOc1ccc(C(=O)N(CC2CCCO2)c2nc3c(OC)ccc(Cl)c3s2)cc1. The van der Waals surface area contributed by atoms with E-state index in [2.05, 4.69) is 6.92 Å². The lowest BCUT2D eigenvalue weighted by Crippen LogP contribution is -2.37. The third-order valence-corrected chi connectivity index (χ3v) is 6.96. The predicted molar refractivity (Wildman–Crippen MR) is 129 cm³/mol. The number of fused-ring (bicyclic) bond motifs is 1. The number of thiazole rings is 1. The molecule has 1 atom stereocenters. The van der Waals surface area contributed by atoms with Gasteiger partial charge in [-0.25, -0.2) is 4.98 Å². The Morgan fingerprint density at radius 1 is 1.28 bits per heavy atom. The van der Waals surface area contributed by atoms with E-state index in [0.29, 0.717) is 40.1 Å². The minimum Gasteiger partial charge on any atom is -0.494 e. The van der Waals surface area contributed by atoms with Crippen molar-refractivity contribution < 1.29 is 19.0 Å². The fraction of sp³-hybridized carbons (Fsp3) is 0.417. The molecular formula is C24H27ClN2O4S. The molecule has 3 aromatic rings. The van der Waals surface area contributed by atoms with Crippen LogP contribution in [0, 0.1) is 0 Å². The van der Waals surface area contributed by atoms with Gasteiger partial charge in [-0.2, -0.15) is 0 Å². The van der Waals surface area contributed by atoms with Gasteiger partial charge in [-0.3, -0.25) is 9.69 Å². The number of rotatable bonds is 9. The maximum absolute atomic E-state index is 13.6. The fourth-order valence-corrected chi connectivity index (χ4v) is 4.91. The molecule has 2 aromatic carbocycles. The number of unbranched alkanes of at least 4 members (excludes halogenated alkanes) is 1. The van der Waals surface area contributed by atoms with Crippen LogP contribution in [0.4, 0.5) is 5.13 Å². The Bertz CT molecular complexity index is 1060. The number of ether oxygens (including phenoxy) is 3. The van der Waals surface area contributed by atoms with Crippen molar-refractivity contribution in [2.45, 2.75) is 38.7 Å². The molecule has 1 amide bonds. The third-order valence-electron chi connectivity index (χ3n) is 5.42. The average Bonchev–Trinajstić information content (AvgIpc) is 3.49. The Labute approximate surface area is 197 Å². The first-order chi connectivity index (χ1) is 15.6. The summed E-state index contributed by atoms with van der Waals surface area (Å²) in [5.74, 6) is 1.26. The first-order valence-electron chi connectivity index (χ1n) is 10.9. The van der Waals surface area contributed by atoms with E-state index in [-0.39, 0.29) is 12.0 Å². The van der Waals surface area contributed by atoms with Crippen molar-refractivity contribution in [1.29, 1.82) is 0 Å². The van der Waals surface area contributed by atoms with Crippen LogP contribution in [0.5, 0.6) is 11.5 Å². The van der Waals surface area contributed by atoms with Gasteiger partial charge in [0.2, 0.25) is 0 Å². The summed E-state index contributed by atoms with van der Waals surface area (Å²) in [6.45, 7) is 3.95. The molecule has 8 heteroatoms. The molecule has 32 heavy (non-hydrogen) atoms. The summed E-state index contributed by atoms with van der Waals surface area (Å²) in [7, 11) is 1.60. The Balaban J connectivity index is 1.64. The van der Waals surface area contributed by atoms with Crippen LogP contribution >= 0.6 is 22.9 Å². The number of nitrogens with zero attached hydrogens (tertiary/aromatic N) is 2. The quantitative estimate of drug-likeness (QED) is 0.358. The van der Waals surface area contributed by atoms with Gasteiger partial charge in [-0.05, 0) is 55.7 Å². The van der Waals surface area contributed by atoms with E-state index in [1.54, 1.807) is 36.3 Å². The second kappa shape index (κ2) is 10.5. The van der Waals surface area contributed by atoms with Gasteiger partial charge in [0.1, 0.15) is 17.0 Å². The number of carbonyl (C=O) groups is 1. The van der Waals surface area contributed by atoms with E-state index in [4.69, 9.17) is 30.8 Å². The first-order valence-corrected chi connectivity index (χ1v) is 12.1. The summed E-state index contributed by atoms with van der Waals surface area (Å²) in [5, 5.41) is 1.16. The molecule has 0 radical (unpaired) electrons. The molecule has 1 aromatic heterocycles. The zero-order valence-corrected chi connectivity index (χ0v) is 19.9. The molecule has 1 aliphatic heterocycles. The highest BCUT2D eigenvalue weighted by Gasteiger charge is 2.28. The second-order valence-electron chi connectivity index (χ2n) is 7.70. The highest BCUT2D eigenvalue weighted by Crippen LogP contribution is 2.39. The van der Waals surface area contributed by atoms with Crippen molar-refractivity contribution in [1.82, 2.24) is 4.98 Å². The van der Waals surface area contributed by atoms with Crippen molar-refractivity contribution in [3.63, 3.8) is 0 Å². The van der Waals surface area contributed by atoms with E-state index in [1.165, 1.54) is 11.3 Å². The number of benzene rings is 2. The van der Waals surface area contributed by atoms with Gasteiger partial charge in [-0.15, -0.1) is 0 Å². The number of aromatic nitrogens is 1. The van der Waals surface area contributed by atoms with Crippen molar-refractivity contribution in [3.8, 4) is 11.5 Å². The van der Waals surface area contributed by atoms with E-state index in [0.717, 1.165) is 42.7 Å². The van der Waals surface area contributed by atoms with Gasteiger partial charge < -0.3 is 14.2 Å². The van der Waals surface area contributed by atoms with Crippen LogP contribution in [0.25, 0.3) is 10.2 Å². The summed E-state index contributed by atoms with van der Waals surface area (Å²) in [6.07, 6.45) is 3.98. The van der Waals surface area contributed by atoms with Gasteiger partial charge in [0.15, 0.2) is 5.13 Å². The number of methoxy groups -OCH3 is 1. The van der Waals surface area contributed by atoms with E-state index < -0.39 is 0 Å². The molecule has 0 N–H and O–H groups in total. The molecule has 0 saturated carbocycles. The van der Waals surface area contributed by atoms with E-state index >= 15 is 0 Å². The summed E-state index contributed by atoms with van der Waals surface area (Å²) < 4.78 is 17.8. The number of anilines is 1. The zero-order chi connectivity index (χ0) is 22.5. The molecule has 6 nitrogen and oxygen atoms in total. The summed E-state index contributed by atoms with van der Waals surface area (Å²) in [6, 6.07) is 10.8. The molecule has 0 spiro atoms. The molecule has 0 aliphatic carbocycles. The highest BCUT2D eigenvalue weighted by atomic mass is 35.5. The van der Waals surface area contributed by atoms with Crippen LogP contribution in [0.2, 0.25) is 5.02 Å². The lowest BCUT2D eigenvalue weighted by Gasteiger charge is -2.23. The third kappa shape index (κ3) is 5.00. The van der Waals surface area contributed by atoms with Gasteiger partial charge in [0.05, 0.1) is 36.1 Å². The van der Waals surface area contributed by atoms with Gasteiger partial charge in [0, 0.05) is 12.2 Å². The summed E-state index contributed by atoms with van der Waals surface area (Å²) in [4.78, 5) is 20.0. The lowest BCUT2D eigenvalue weighted by molar-refractivity contribution is 0.0917. The lowest BCUT2D eigenvalue weighted by atomic mass is 10.1. The smallest absolute Gasteiger partial charge is 0.260 e. The minimum absolute atomic E-state index is 0.0139. The van der Waals surface area contributed by atoms with Crippen LogP contribution in [-0.4, -0.2) is 43.9 Å². The van der Waals surface area contributed by atoms with Crippen LogP contribution in [0.15, 0.2) is 36.4 Å². The summed E-state index contributed by atoms with van der Waals surface area (Å²) in [5.41, 5.74) is 1.23. The van der Waals surface area contributed by atoms with Crippen molar-refractivity contribution in [3.05, 3.63) is 47.0 Å². The average molecular weight is 475 g/mol. The zero-order valence-electron chi connectivity index (χ0n) is 18.3. The molecule has 1 aliphatic rings. The molecule has 2 heterocycles. The van der Waals surface area contributed by atoms with E-state index in [1.807, 2.05) is 12.1 Å². The van der Waals surface area contributed by atoms with Crippen LogP contribution in [-0.2, 0) is 4.74 Å². The largest absolute Gasteiger partial charge is 0.494 e. The number of hydrogen-bond acceptors (Lipinski definition) is 6. The maximum Gasteiger partial charge on any atom is 0.260 e. The van der Waals surface area contributed by atoms with Crippen LogP contribution in [0.1, 0.15) is 43.0 Å². The highest BCUT2D eigenvalue weighted by molar-refractivity contribution is 7.23. The standard InChI is InChI=1S/C24H27ClN2O4S/c1-3-4-13-30-17-9-7-16(8-10-17)23(28)27(15-18-6-5-14-31-18)24-26-21-20(29-2)12-11-19(25)22(21)32-24/h7-12,18H,3-6,13-15H2,1-2H3. The number of amides is 1. The van der Waals surface area contributed by atoms with E-state index in [9.17, 15) is 4.79 Å². The van der Waals surface area contributed by atoms with Crippen LogP contribution in [0.3, 0.4) is 0 Å². The number of carbonyl (C=O) groups excluding carboxylic acids is 1.